The summed E-state index contributed by atoms with van der Waals surface area (Å²) in [5, 5.41) is 0. The Bertz CT molecular complexity index is 688. The summed E-state index contributed by atoms with van der Waals surface area (Å²) in [6.07, 6.45) is 12.1. The number of hydrogen-bond donors (Lipinski definition) is 0. The molecule has 0 radical (unpaired) electrons. The van der Waals surface area contributed by atoms with E-state index in [1.807, 2.05) is 25.2 Å². The molecule has 1 unspecified atom stereocenters. The van der Waals surface area contributed by atoms with Crippen LogP contribution in [0.5, 0.6) is 0 Å². The van der Waals surface area contributed by atoms with Crippen LogP contribution in [0.4, 0.5) is 4.39 Å². The lowest BCUT2D eigenvalue weighted by Crippen LogP contribution is -2.10. The first-order chi connectivity index (χ1) is 12.0. The first kappa shape index (κ1) is 22.5. The lowest BCUT2D eigenvalue weighted by Gasteiger charge is -2.22. The molecule has 0 fully saturated rings. The van der Waals surface area contributed by atoms with Crippen molar-refractivity contribution in [3.8, 4) is 0 Å². The number of halogens is 1. The van der Waals surface area contributed by atoms with Gasteiger partial charge in [-0.15, -0.1) is 11.8 Å². The Kier molecular flexibility index (Phi) is 8.62. The molecule has 0 spiro atoms. The molecule has 0 aliphatic heterocycles. The van der Waals surface area contributed by atoms with Crippen LogP contribution in [-0.2, 0) is 0 Å². The molecule has 0 aromatic heterocycles. The fourth-order valence-electron chi connectivity index (χ4n) is 2.47. The molecule has 1 rings (SSSR count). The Balaban J connectivity index is 3.13. The maximum atomic E-state index is 14.1. The van der Waals surface area contributed by atoms with Crippen LogP contribution in [-0.4, -0.2) is 11.9 Å². The molecule has 0 bridgehead atoms. The van der Waals surface area contributed by atoms with Gasteiger partial charge in [0.2, 0.25) is 0 Å². The largest absolute Gasteiger partial charge is 0.243 e. The van der Waals surface area contributed by atoms with E-state index >= 15 is 0 Å². The van der Waals surface area contributed by atoms with Crippen molar-refractivity contribution in [2.24, 2.45) is 5.41 Å². The van der Waals surface area contributed by atoms with Gasteiger partial charge in [0.25, 0.3) is 0 Å². The quantitative estimate of drug-likeness (QED) is 0.323. The number of allylic oxidation sites excluding steroid dienone is 10. The van der Waals surface area contributed by atoms with Crippen molar-refractivity contribution in [3.63, 3.8) is 0 Å². The van der Waals surface area contributed by atoms with Gasteiger partial charge >= 0.3 is 0 Å². The van der Waals surface area contributed by atoms with E-state index in [-0.39, 0.29) is 5.41 Å². The average molecular weight is 373 g/mol. The summed E-state index contributed by atoms with van der Waals surface area (Å²) >= 11 is 1.73. The van der Waals surface area contributed by atoms with Crippen molar-refractivity contribution in [1.82, 2.24) is 0 Å². The van der Waals surface area contributed by atoms with Gasteiger partial charge in [-0.05, 0) is 61.5 Å². The van der Waals surface area contributed by atoms with Gasteiger partial charge < -0.3 is 0 Å². The van der Waals surface area contributed by atoms with Gasteiger partial charge in [0.05, 0.1) is 0 Å². The Morgan fingerprint density at radius 3 is 2.42 bits per heavy atom. The van der Waals surface area contributed by atoms with E-state index in [9.17, 15) is 4.39 Å². The Hall–Kier alpha value is -1.54. The minimum Gasteiger partial charge on any atom is -0.243 e. The lowest BCUT2D eigenvalue weighted by molar-refractivity contribution is 0.415. The Morgan fingerprint density at radius 1 is 1.27 bits per heavy atom. The monoisotopic (exact) mass is 372 g/mol. The number of rotatable bonds is 7. The van der Waals surface area contributed by atoms with Crippen LogP contribution in [0.3, 0.4) is 0 Å². The van der Waals surface area contributed by atoms with E-state index in [1.165, 1.54) is 5.57 Å². The number of alkyl halides is 1. The number of thioether (sulfide) groups is 1. The molecule has 0 saturated heterocycles. The third-order valence-corrected chi connectivity index (χ3v) is 5.54. The highest BCUT2D eigenvalue weighted by Crippen LogP contribution is 2.34. The van der Waals surface area contributed by atoms with E-state index in [0.29, 0.717) is 0 Å². The van der Waals surface area contributed by atoms with E-state index < -0.39 is 6.17 Å². The molecule has 1 atom stereocenters. The minimum atomic E-state index is -0.980. The van der Waals surface area contributed by atoms with Gasteiger partial charge in [-0.25, -0.2) is 4.39 Å². The summed E-state index contributed by atoms with van der Waals surface area (Å²) in [6, 6.07) is 0. The van der Waals surface area contributed by atoms with Gasteiger partial charge in [-0.2, -0.15) is 0 Å². The van der Waals surface area contributed by atoms with Crippen molar-refractivity contribution >= 4 is 11.8 Å². The zero-order chi connectivity index (χ0) is 19.9. The summed E-state index contributed by atoms with van der Waals surface area (Å²) in [5.41, 5.74) is 5.39. The lowest BCUT2D eigenvalue weighted by atomic mass is 9.83. The Morgan fingerprint density at radius 2 is 1.92 bits per heavy atom. The fourth-order valence-corrected chi connectivity index (χ4v) is 3.17. The molecule has 0 aromatic rings. The molecule has 142 valence electrons. The summed E-state index contributed by atoms with van der Waals surface area (Å²) in [6.45, 7) is 20.1. The SMILES string of the molecule is C=C/C(=C\C=C(/C)C1=CCC(C(C)(C)C)=CC(C(C)F)=C1)SCC(=C)C. The van der Waals surface area contributed by atoms with E-state index in [1.54, 1.807) is 18.7 Å². The van der Waals surface area contributed by atoms with Crippen LogP contribution >= 0.6 is 11.8 Å². The second kappa shape index (κ2) is 9.97. The van der Waals surface area contributed by atoms with Crippen molar-refractivity contribution in [2.75, 3.05) is 5.75 Å². The van der Waals surface area contributed by atoms with Crippen molar-refractivity contribution in [3.05, 3.63) is 82.4 Å². The van der Waals surface area contributed by atoms with E-state index in [0.717, 1.165) is 39.4 Å². The highest BCUT2D eigenvalue weighted by atomic mass is 32.2. The number of hydrogen-bond acceptors (Lipinski definition) is 1. The molecule has 0 heterocycles. The average Bonchev–Trinajstić information content (AvgIpc) is 2.77. The highest BCUT2D eigenvalue weighted by molar-refractivity contribution is 8.03. The normalized spacial score (nSPS) is 17.7. The van der Waals surface area contributed by atoms with Gasteiger partial charge in [-0.3, -0.25) is 0 Å². The summed E-state index contributed by atoms with van der Waals surface area (Å²) < 4.78 is 14.1. The van der Waals surface area contributed by atoms with Crippen LogP contribution in [0.25, 0.3) is 0 Å². The van der Waals surface area contributed by atoms with E-state index in [4.69, 9.17) is 0 Å². The molecule has 1 aliphatic carbocycles. The summed E-state index contributed by atoms with van der Waals surface area (Å²) in [4.78, 5) is 1.11. The van der Waals surface area contributed by atoms with Crippen LogP contribution in [0.15, 0.2) is 82.4 Å². The maximum absolute atomic E-state index is 14.1. The van der Waals surface area contributed by atoms with Gasteiger partial charge in [-0.1, -0.05) is 69.4 Å². The predicted molar refractivity (Wildman–Crippen MR) is 118 cm³/mol. The molecule has 0 amide bonds. The first-order valence-corrected chi connectivity index (χ1v) is 10.1. The van der Waals surface area contributed by atoms with Crippen LogP contribution < -0.4 is 0 Å². The van der Waals surface area contributed by atoms with Crippen molar-refractivity contribution in [1.29, 1.82) is 0 Å². The first-order valence-electron chi connectivity index (χ1n) is 9.10. The molecular formula is C24H33FS. The summed E-state index contributed by atoms with van der Waals surface area (Å²) in [5.74, 6) is 0.885. The fraction of sp³-hybridized carbons (Fsp3) is 0.417. The molecule has 26 heavy (non-hydrogen) atoms. The standard InChI is InChI=1S/C24H33FS/c1-9-23(26-16-17(2)3)13-10-18(4)20-11-12-22(24(6,7)8)15-21(14-20)19(5)25/h9-11,13-15,19H,1-2,12,16H2,3-8H3/b18-10+,23-13+. The topological polar surface area (TPSA) is 0 Å². The molecule has 0 saturated carbocycles. The van der Waals surface area contributed by atoms with Crippen LogP contribution in [0.1, 0.15) is 48.0 Å². The zero-order valence-electron chi connectivity index (χ0n) is 17.2. The third-order valence-electron chi connectivity index (χ3n) is 4.27. The van der Waals surface area contributed by atoms with Crippen molar-refractivity contribution < 1.29 is 4.39 Å². The highest BCUT2D eigenvalue weighted by Gasteiger charge is 2.20. The Labute approximate surface area is 164 Å². The second-order valence-corrected chi connectivity index (χ2v) is 8.96. The maximum Gasteiger partial charge on any atom is 0.122 e. The van der Waals surface area contributed by atoms with Gasteiger partial charge in [0.15, 0.2) is 0 Å². The van der Waals surface area contributed by atoms with E-state index in [2.05, 4.69) is 59.1 Å². The molecule has 0 aromatic carbocycles. The van der Waals surface area contributed by atoms with Gasteiger partial charge in [0, 0.05) is 10.7 Å². The van der Waals surface area contributed by atoms with Gasteiger partial charge in [0.1, 0.15) is 6.17 Å². The van der Waals surface area contributed by atoms with Crippen LogP contribution in [0.2, 0.25) is 0 Å². The second-order valence-electron chi connectivity index (χ2n) is 7.91. The molecule has 1 aliphatic rings. The molecule has 2 heteroatoms. The van der Waals surface area contributed by atoms with Crippen LogP contribution in [0, 0.1) is 5.41 Å². The molecular weight excluding hydrogens is 339 g/mol. The molecule has 0 nitrogen and oxygen atoms in total. The smallest absolute Gasteiger partial charge is 0.122 e. The summed E-state index contributed by atoms with van der Waals surface area (Å²) in [7, 11) is 0. The third kappa shape index (κ3) is 7.37. The minimum absolute atomic E-state index is 0.0344. The van der Waals surface area contributed by atoms with Crippen molar-refractivity contribution in [2.45, 2.75) is 54.1 Å². The molecule has 0 N–H and O–H groups in total. The zero-order valence-corrected chi connectivity index (χ0v) is 18.0. The predicted octanol–water partition coefficient (Wildman–Crippen LogP) is 7.90.